The lowest BCUT2D eigenvalue weighted by Crippen LogP contribution is -2.36. The van der Waals surface area contributed by atoms with Crippen molar-refractivity contribution in [3.63, 3.8) is 0 Å². The van der Waals surface area contributed by atoms with E-state index in [0.717, 1.165) is 28.2 Å². The van der Waals surface area contributed by atoms with Crippen molar-refractivity contribution in [3.05, 3.63) is 59.2 Å². The molecule has 2 aromatic carbocycles. The van der Waals surface area contributed by atoms with Crippen molar-refractivity contribution in [1.29, 1.82) is 0 Å². The second-order valence-electron chi connectivity index (χ2n) is 6.20. The zero-order valence-corrected chi connectivity index (χ0v) is 15.1. The monoisotopic (exact) mass is 356 g/mol. The van der Waals surface area contributed by atoms with Crippen LogP contribution in [0.3, 0.4) is 0 Å². The molecule has 6 heteroatoms. The molecule has 0 fully saturated rings. The van der Waals surface area contributed by atoms with Crippen molar-refractivity contribution in [2.24, 2.45) is 0 Å². The van der Waals surface area contributed by atoms with E-state index in [1.54, 1.807) is 7.11 Å². The molecule has 138 valence electrons. The van der Waals surface area contributed by atoms with Crippen molar-refractivity contribution in [2.45, 2.75) is 26.1 Å². The maximum Gasteiger partial charge on any atom is 0.315 e. The van der Waals surface area contributed by atoms with Gasteiger partial charge in [0, 0.05) is 13.7 Å². The average Bonchev–Trinajstić information content (AvgIpc) is 2.66. The van der Waals surface area contributed by atoms with Crippen LogP contribution in [0.1, 0.15) is 29.7 Å². The fourth-order valence-electron chi connectivity index (χ4n) is 2.84. The number of benzene rings is 2. The number of hydrogen-bond donors (Lipinski definition) is 2. The summed E-state index contributed by atoms with van der Waals surface area (Å²) in [6.45, 7) is 4.05. The van der Waals surface area contributed by atoms with Crippen LogP contribution >= 0.6 is 0 Å². The largest absolute Gasteiger partial charge is 0.486 e. The fraction of sp³-hybridized carbons (Fsp3) is 0.350. The van der Waals surface area contributed by atoms with E-state index in [2.05, 4.69) is 10.6 Å². The lowest BCUT2D eigenvalue weighted by Gasteiger charge is -2.21. The van der Waals surface area contributed by atoms with Gasteiger partial charge in [-0.2, -0.15) is 0 Å². The molecule has 6 nitrogen and oxygen atoms in total. The van der Waals surface area contributed by atoms with Crippen LogP contribution in [-0.2, 0) is 17.9 Å². The summed E-state index contributed by atoms with van der Waals surface area (Å²) in [6.07, 6.45) is 0. The molecular formula is C20H24N2O4. The molecule has 0 bridgehead atoms. The van der Waals surface area contributed by atoms with Crippen LogP contribution in [0.5, 0.6) is 11.5 Å². The minimum absolute atomic E-state index is 0.148. The molecule has 1 aliphatic heterocycles. The van der Waals surface area contributed by atoms with Crippen molar-refractivity contribution < 1.29 is 19.0 Å². The number of amides is 2. The summed E-state index contributed by atoms with van der Waals surface area (Å²) in [4.78, 5) is 12.2. The standard InChI is InChI=1S/C20H24N2O4/c1-14(17-6-7-18-19(11-17)26-9-8-25-18)22-20(23)21-12-15-4-3-5-16(10-15)13-24-2/h3-7,10-11,14H,8-9,12-13H2,1-2H3,(H2,21,22,23)/t14-/m1/s1. The molecule has 2 N–H and O–H groups in total. The summed E-state index contributed by atoms with van der Waals surface area (Å²) in [6, 6.07) is 13.3. The molecule has 1 aliphatic rings. The molecule has 1 heterocycles. The Morgan fingerprint density at radius 3 is 2.69 bits per heavy atom. The van der Waals surface area contributed by atoms with Gasteiger partial charge in [0.2, 0.25) is 0 Å². The molecule has 1 atom stereocenters. The third-order valence-electron chi connectivity index (χ3n) is 4.17. The molecular weight excluding hydrogens is 332 g/mol. The minimum atomic E-state index is -0.218. The Hall–Kier alpha value is -2.73. The second kappa shape index (κ2) is 8.58. The number of fused-ring (bicyclic) bond motifs is 1. The molecule has 3 rings (SSSR count). The Morgan fingerprint density at radius 1 is 1.12 bits per heavy atom. The zero-order chi connectivity index (χ0) is 18.4. The third-order valence-corrected chi connectivity index (χ3v) is 4.17. The van der Waals surface area contributed by atoms with Crippen LogP contribution in [0.25, 0.3) is 0 Å². The predicted molar refractivity (Wildman–Crippen MR) is 98.4 cm³/mol. The van der Waals surface area contributed by atoms with E-state index in [9.17, 15) is 4.79 Å². The number of nitrogens with one attached hydrogen (secondary N) is 2. The van der Waals surface area contributed by atoms with Gasteiger partial charge in [0.1, 0.15) is 13.2 Å². The first-order valence-corrected chi connectivity index (χ1v) is 8.66. The van der Waals surface area contributed by atoms with E-state index in [-0.39, 0.29) is 12.1 Å². The third kappa shape index (κ3) is 4.67. The van der Waals surface area contributed by atoms with Crippen LogP contribution in [0.15, 0.2) is 42.5 Å². The average molecular weight is 356 g/mol. The van der Waals surface area contributed by atoms with Crippen molar-refractivity contribution in [2.75, 3.05) is 20.3 Å². The number of hydrogen-bond acceptors (Lipinski definition) is 4. The van der Waals surface area contributed by atoms with Gasteiger partial charge in [-0.15, -0.1) is 0 Å². The maximum atomic E-state index is 12.2. The number of ether oxygens (including phenoxy) is 3. The second-order valence-corrected chi connectivity index (χ2v) is 6.20. The molecule has 0 aliphatic carbocycles. The highest BCUT2D eigenvalue weighted by Gasteiger charge is 2.15. The highest BCUT2D eigenvalue weighted by Crippen LogP contribution is 2.32. The first kappa shape index (κ1) is 18.1. The van der Waals surface area contributed by atoms with Crippen LogP contribution < -0.4 is 20.1 Å². The maximum absolute atomic E-state index is 12.2. The Kier molecular flexibility index (Phi) is 5.96. The molecule has 0 saturated carbocycles. The van der Waals surface area contributed by atoms with E-state index >= 15 is 0 Å². The molecule has 0 aromatic heterocycles. The van der Waals surface area contributed by atoms with Crippen molar-refractivity contribution in [1.82, 2.24) is 10.6 Å². The van der Waals surface area contributed by atoms with Gasteiger partial charge in [0.15, 0.2) is 11.5 Å². The molecule has 26 heavy (non-hydrogen) atoms. The Labute approximate surface area is 153 Å². The zero-order valence-electron chi connectivity index (χ0n) is 15.1. The summed E-state index contributed by atoms with van der Waals surface area (Å²) in [7, 11) is 1.66. The van der Waals surface area contributed by atoms with Gasteiger partial charge < -0.3 is 24.8 Å². The number of urea groups is 1. The summed E-state index contributed by atoms with van der Waals surface area (Å²) in [5.41, 5.74) is 3.07. The van der Waals surface area contributed by atoms with Crippen LogP contribution in [0, 0.1) is 0 Å². The molecule has 0 spiro atoms. The smallest absolute Gasteiger partial charge is 0.315 e. The van der Waals surface area contributed by atoms with E-state index in [0.29, 0.717) is 26.4 Å². The first-order chi connectivity index (χ1) is 12.7. The summed E-state index contributed by atoms with van der Waals surface area (Å²) < 4.78 is 16.2. The van der Waals surface area contributed by atoms with E-state index in [4.69, 9.17) is 14.2 Å². The van der Waals surface area contributed by atoms with E-state index < -0.39 is 0 Å². The number of methoxy groups -OCH3 is 1. The van der Waals surface area contributed by atoms with Crippen molar-refractivity contribution in [3.8, 4) is 11.5 Å². The summed E-state index contributed by atoms with van der Waals surface area (Å²) >= 11 is 0. The lowest BCUT2D eigenvalue weighted by atomic mass is 10.1. The fourth-order valence-corrected chi connectivity index (χ4v) is 2.84. The highest BCUT2D eigenvalue weighted by molar-refractivity contribution is 5.74. The van der Waals surface area contributed by atoms with Gasteiger partial charge in [-0.3, -0.25) is 0 Å². The molecule has 0 radical (unpaired) electrons. The van der Waals surface area contributed by atoms with Gasteiger partial charge >= 0.3 is 6.03 Å². The summed E-state index contributed by atoms with van der Waals surface area (Å²) in [5.74, 6) is 1.46. The first-order valence-electron chi connectivity index (χ1n) is 8.66. The summed E-state index contributed by atoms with van der Waals surface area (Å²) in [5, 5.41) is 5.83. The number of carbonyl (C=O) groups is 1. The van der Waals surface area contributed by atoms with Crippen LogP contribution in [0.2, 0.25) is 0 Å². The van der Waals surface area contributed by atoms with E-state index in [1.807, 2.05) is 49.4 Å². The quantitative estimate of drug-likeness (QED) is 0.834. The highest BCUT2D eigenvalue weighted by atomic mass is 16.6. The van der Waals surface area contributed by atoms with E-state index in [1.165, 1.54) is 0 Å². The van der Waals surface area contributed by atoms with Crippen LogP contribution in [-0.4, -0.2) is 26.4 Å². The number of carbonyl (C=O) groups excluding carboxylic acids is 1. The Bertz CT molecular complexity index is 763. The Morgan fingerprint density at radius 2 is 1.88 bits per heavy atom. The number of rotatable bonds is 6. The molecule has 2 aromatic rings. The molecule has 0 unspecified atom stereocenters. The minimum Gasteiger partial charge on any atom is -0.486 e. The van der Waals surface area contributed by atoms with Gasteiger partial charge in [-0.05, 0) is 35.7 Å². The van der Waals surface area contributed by atoms with Gasteiger partial charge in [0.05, 0.1) is 12.6 Å². The van der Waals surface area contributed by atoms with Crippen molar-refractivity contribution >= 4 is 6.03 Å². The SMILES string of the molecule is COCc1cccc(CNC(=O)N[C@H](C)c2ccc3c(c2)OCCO3)c1. The Balaban J connectivity index is 1.53. The van der Waals surface area contributed by atoms with Crippen LogP contribution in [0.4, 0.5) is 4.79 Å². The van der Waals surface area contributed by atoms with Gasteiger partial charge in [-0.25, -0.2) is 4.79 Å². The lowest BCUT2D eigenvalue weighted by molar-refractivity contribution is 0.171. The van der Waals surface area contributed by atoms with Gasteiger partial charge in [0.25, 0.3) is 0 Å². The molecule has 0 saturated heterocycles. The molecule has 2 amide bonds. The van der Waals surface area contributed by atoms with Gasteiger partial charge in [-0.1, -0.05) is 30.3 Å². The normalized spacial score (nSPS) is 13.8. The topological polar surface area (TPSA) is 68.8 Å². The predicted octanol–water partition coefficient (Wildman–Crippen LogP) is 3.16.